The average Bonchev–Trinajstić information content (AvgIpc) is 3.53. The van der Waals surface area contributed by atoms with Crippen molar-refractivity contribution in [2.75, 3.05) is 20.2 Å². The van der Waals surface area contributed by atoms with Crippen LogP contribution in [0.15, 0.2) is 48.5 Å². The molecule has 1 aliphatic carbocycles. The van der Waals surface area contributed by atoms with Crippen LogP contribution in [-0.4, -0.2) is 59.1 Å². The topological polar surface area (TPSA) is 70.1 Å². The minimum Gasteiger partial charge on any atom is -0.497 e. The molecule has 1 fully saturated rings. The molecule has 0 unspecified atom stereocenters. The fraction of sp³-hybridized carbons (Fsp3) is 0.364. The molecule has 1 aliphatic heterocycles. The number of hydrogen-bond acceptors (Lipinski definition) is 5. The normalized spacial score (nSPS) is 17.2. The number of carbonyl (C=O) groups is 2. The number of rotatable bonds is 8. The summed E-state index contributed by atoms with van der Waals surface area (Å²) in [5.74, 6) is 0.160. The lowest BCUT2D eigenvalue weighted by atomic mass is 10.1. The van der Waals surface area contributed by atoms with Crippen LogP contribution in [-0.2, 0) is 6.54 Å². The largest absolute Gasteiger partial charge is 0.497 e. The number of nitrogens with zero attached hydrogens (tertiary/aromatic N) is 2. The van der Waals surface area contributed by atoms with Crippen molar-refractivity contribution in [2.45, 2.75) is 31.5 Å². The van der Waals surface area contributed by atoms with Gasteiger partial charge in [0.15, 0.2) is 0 Å². The van der Waals surface area contributed by atoms with Gasteiger partial charge in [-0.15, -0.1) is 0 Å². The monoisotopic (exact) mass is 380 g/mol. The fourth-order valence-corrected chi connectivity index (χ4v) is 3.69. The van der Waals surface area contributed by atoms with E-state index in [2.05, 4.69) is 4.90 Å². The Morgan fingerprint density at radius 2 is 1.68 bits per heavy atom. The molecule has 0 spiro atoms. The molecule has 1 N–H and O–H groups in total. The Hall–Kier alpha value is -2.70. The smallest absolute Gasteiger partial charge is 0.261 e. The number of aliphatic hydroxyl groups excluding tert-OH is 1. The summed E-state index contributed by atoms with van der Waals surface area (Å²) in [6.07, 6.45) is 1.42. The van der Waals surface area contributed by atoms with Crippen LogP contribution in [0.2, 0.25) is 0 Å². The first-order valence-electron chi connectivity index (χ1n) is 9.57. The van der Waals surface area contributed by atoms with Gasteiger partial charge in [0.2, 0.25) is 0 Å². The molecule has 2 aliphatic rings. The standard InChI is InChI=1S/C22H24N2O4/c1-28-18-10-6-15(7-11-18)12-23(16-8-9-16)13-17(25)14-24-21(26)19-4-2-3-5-20(19)22(24)27/h2-7,10-11,16-17,25H,8-9,12-14H2,1H3/t17-/m0/s1. The second-order valence-corrected chi connectivity index (χ2v) is 7.43. The Labute approximate surface area is 164 Å². The first-order valence-corrected chi connectivity index (χ1v) is 9.57. The van der Waals surface area contributed by atoms with Gasteiger partial charge >= 0.3 is 0 Å². The van der Waals surface area contributed by atoms with E-state index >= 15 is 0 Å². The summed E-state index contributed by atoms with van der Waals surface area (Å²) in [5.41, 5.74) is 1.97. The highest BCUT2D eigenvalue weighted by molar-refractivity contribution is 6.21. The van der Waals surface area contributed by atoms with E-state index in [0.717, 1.165) is 29.1 Å². The Morgan fingerprint density at radius 1 is 1.07 bits per heavy atom. The summed E-state index contributed by atoms with van der Waals surface area (Å²) < 4.78 is 5.20. The number of fused-ring (bicyclic) bond motifs is 1. The maximum Gasteiger partial charge on any atom is 0.261 e. The number of β-amino-alcohol motifs (C(OH)–C–C–N with tert-alkyl or cyclic N) is 1. The predicted octanol–water partition coefficient (Wildman–Crippen LogP) is 2.32. The van der Waals surface area contributed by atoms with Crippen molar-refractivity contribution in [1.29, 1.82) is 0 Å². The number of hydrogen-bond donors (Lipinski definition) is 1. The van der Waals surface area contributed by atoms with Gasteiger partial charge in [0, 0.05) is 19.1 Å². The van der Waals surface area contributed by atoms with Crippen molar-refractivity contribution in [3.63, 3.8) is 0 Å². The summed E-state index contributed by atoms with van der Waals surface area (Å²) in [7, 11) is 1.64. The molecular weight excluding hydrogens is 356 g/mol. The molecule has 1 heterocycles. The summed E-state index contributed by atoms with van der Waals surface area (Å²) >= 11 is 0. The highest BCUT2D eigenvalue weighted by Crippen LogP contribution is 2.29. The Kier molecular flexibility index (Phi) is 5.15. The molecule has 0 aromatic heterocycles. The van der Waals surface area contributed by atoms with Crippen LogP contribution in [0.4, 0.5) is 0 Å². The Balaban J connectivity index is 1.39. The predicted molar refractivity (Wildman–Crippen MR) is 104 cm³/mol. The fourth-order valence-electron chi connectivity index (χ4n) is 3.69. The van der Waals surface area contributed by atoms with Gasteiger partial charge < -0.3 is 9.84 Å². The highest BCUT2D eigenvalue weighted by Gasteiger charge is 2.37. The number of benzene rings is 2. The molecule has 2 amide bonds. The molecule has 146 valence electrons. The van der Waals surface area contributed by atoms with Gasteiger partial charge in [0.1, 0.15) is 5.75 Å². The molecule has 0 saturated heterocycles. The first-order chi connectivity index (χ1) is 13.6. The minimum absolute atomic E-state index is 0.0121. The number of amides is 2. The number of carbonyl (C=O) groups excluding carboxylic acids is 2. The van der Waals surface area contributed by atoms with Crippen LogP contribution in [0.1, 0.15) is 39.1 Å². The van der Waals surface area contributed by atoms with Crippen LogP contribution in [0.3, 0.4) is 0 Å². The number of imide groups is 1. The van der Waals surface area contributed by atoms with Crippen molar-refractivity contribution in [3.8, 4) is 5.75 Å². The quantitative estimate of drug-likeness (QED) is 0.712. The van der Waals surface area contributed by atoms with E-state index < -0.39 is 6.10 Å². The lowest BCUT2D eigenvalue weighted by Gasteiger charge is -2.27. The minimum atomic E-state index is -0.791. The molecule has 4 rings (SSSR count). The lowest BCUT2D eigenvalue weighted by Crippen LogP contribution is -2.43. The van der Waals surface area contributed by atoms with E-state index in [1.807, 2.05) is 24.3 Å². The van der Waals surface area contributed by atoms with Crippen molar-refractivity contribution in [1.82, 2.24) is 9.80 Å². The van der Waals surface area contributed by atoms with E-state index in [4.69, 9.17) is 4.74 Å². The average molecular weight is 380 g/mol. The zero-order valence-corrected chi connectivity index (χ0v) is 15.9. The van der Waals surface area contributed by atoms with Crippen molar-refractivity contribution in [3.05, 3.63) is 65.2 Å². The first kappa shape index (κ1) is 18.7. The van der Waals surface area contributed by atoms with Crippen LogP contribution in [0, 0.1) is 0 Å². The van der Waals surface area contributed by atoms with Crippen LogP contribution in [0.25, 0.3) is 0 Å². The Morgan fingerprint density at radius 3 is 2.21 bits per heavy atom. The van der Waals surface area contributed by atoms with Crippen LogP contribution < -0.4 is 4.74 Å². The molecule has 6 nitrogen and oxygen atoms in total. The molecule has 1 atom stereocenters. The molecule has 28 heavy (non-hydrogen) atoms. The zero-order chi connectivity index (χ0) is 19.7. The number of methoxy groups -OCH3 is 1. The summed E-state index contributed by atoms with van der Waals surface area (Å²) in [4.78, 5) is 28.4. The maximum absolute atomic E-state index is 12.5. The lowest BCUT2D eigenvalue weighted by molar-refractivity contribution is 0.0458. The Bertz CT molecular complexity index is 841. The third-order valence-corrected chi connectivity index (χ3v) is 5.32. The maximum atomic E-state index is 12.5. The molecule has 0 bridgehead atoms. The van der Waals surface area contributed by atoms with E-state index in [0.29, 0.717) is 30.3 Å². The number of aliphatic hydroxyl groups is 1. The molecule has 1 saturated carbocycles. The van der Waals surface area contributed by atoms with Crippen LogP contribution >= 0.6 is 0 Å². The van der Waals surface area contributed by atoms with E-state index in [1.54, 1.807) is 31.4 Å². The molecule has 2 aromatic carbocycles. The second-order valence-electron chi connectivity index (χ2n) is 7.43. The van der Waals surface area contributed by atoms with Gasteiger partial charge in [0.05, 0.1) is 30.9 Å². The molecule has 2 aromatic rings. The van der Waals surface area contributed by atoms with Gasteiger partial charge in [-0.1, -0.05) is 24.3 Å². The molecule has 0 radical (unpaired) electrons. The zero-order valence-electron chi connectivity index (χ0n) is 15.9. The van der Waals surface area contributed by atoms with Gasteiger partial charge in [0.25, 0.3) is 11.8 Å². The van der Waals surface area contributed by atoms with E-state index in [9.17, 15) is 14.7 Å². The number of ether oxygens (including phenoxy) is 1. The third-order valence-electron chi connectivity index (χ3n) is 5.32. The second kappa shape index (κ2) is 7.73. The SMILES string of the molecule is COc1ccc(CN(C[C@H](O)CN2C(=O)c3ccccc3C2=O)C2CC2)cc1. The van der Waals surface area contributed by atoms with E-state index in [-0.39, 0.29) is 18.4 Å². The summed E-state index contributed by atoms with van der Waals surface area (Å²) in [6.45, 7) is 1.15. The van der Waals surface area contributed by atoms with Gasteiger partial charge in [-0.2, -0.15) is 0 Å². The van der Waals surface area contributed by atoms with Gasteiger partial charge in [-0.3, -0.25) is 19.4 Å². The van der Waals surface area contributed by atoms with Crippen molar-refractivity contribution >= 4 is 11.8 Å². The van der Waals surface area contributed by atoms with Crippen LogP contribution in [0.5, 0.6) is 5.75 Å². The summed E-state index contributed by atoms with van der Waals surface area (Å²) in [6, 6.07) is 15.1. The third kappa shape index (κ3) is 3.79. The van der Waals surface area contributed by atoms with Gasteiger partial charge in [-0.05, 0) is 42.7 Å². The van der Waals surface area contributed by atoms with Gasteiger partial charge in [-0.25, -0.2) is 0 Å². The molecule has 6 heteroatoms. The summed E-state index contributed by atoms with van der Waals surface area (Å²) in [5, 5.41) is 10.6. The van der Waals surface area contributed by atoms with Crippen molar-refractivity contribution < 1.29 is 19.4 Å². The highest BCUT2D eigenvalue weighted by atomic mass is 16.5. The molecular formula is C22H24N2O4. The van der Waals surface area contributed by atoms with E-state index in [1.165, 1.54) is 0 Å². The van der Waals surface area contributed by atoms with Crippen molar-refractivity contribution in [2.24, 2.45) is 0 Å².